The van der Waals surface area contributed by atoms with Gasteiger partial charge in [0.05, 0.1) is 12.2 Å². The molecule has 0 unspecified atom stereocenters. The molecular formula is C33H40N8O4. The third kappa shape index (κ3) is 6.41. The highest BCUT2D eigenvalue weighted by atomic mass is 16.5. The van der Waals surface area contributed by atoms with Crippen molar-refractivity contribution in [3.8, 4) is 11.1 Å². The van der Waals surface area contributed by atoms with Gasteiger partial charge in [-0.05, 0) is 50.1 Å². The highest BCUT2D eigenvalue weighted by molar-refractivity contribution is 6.06. The third-order valence-corrected chi connectivity index (χ3v) is 8.62. The Morgan fingerprint density at radius 3 is 2.73 bits per heavy atom. The van der Waals surface area contributed by atoms with E-state index in [1.807, 2.05) is 22.9 Å². The van der Waals surface area contributed by atoms with Crippen LogP contribution in [0.4, 0.5) is 17.3 Å². The number of aromatic nitrogens is 4. The van der Waals surface area contributed by atoms with E-state index in [0.29, 0.717) is 52.8 Å². The van der Waals surface area contributed by atoms with E-state index in [0.717, 1.165) is 63.1 Å². The van der Waals surface area contributed by atoms with Crippen LogP contribution in [0.15, 0.2) is 59.3 Å². The number of hydrogen-bond donors (Lipinski definition) is 1. The first-order valence-electron chi connectivity index (χ1n) is 15.5. The summed E-state index contributed by atoms with van der Waals surface area (Å²) in [6.45, 7) is 9.83. The lowest BCUT2D eigenvalue weighted by molar-refractivity contribution is -0.142. The molecule has 3 aromatic heterocycles. The maximum absolute atomic E-state index is 14.0. The number of carbonyl (C=O) groups is 2. The lowest BCUT2D eigenvalue weighted by atomic mass is 10.0. The number of nitrogens with one attached hydrogen (secondary N) is 1. The average molecular weight is 613 g/mol. The molecule has 12 nitrogen and oxygen atoms in total. The molecule has 0 radical (unpaired) electrons. The Kier molecular flexibility index (Phi) is 8.57. The number of anilines is 3. The fourth-order valence-electron chi connectivity index (χ4n) is 6.25. The second-order valence-electron chi connectivity index (χ2n) is 12.0. The molecule has 0 aliphatic carbocycles. The highest BCUT2D eigenvalue weighted by Crippen LogP contribution is 2.34. The highest BCUT2D eigenvalue weighted by Gasteiger charge is 2.33. The summed E-state index contributed by atoms with van der Waals surface area (Å²) in [5.74, 6) is 0.423. The van der Waals surface area contributed by atoms with Crippen molar-refractivity contribution < 1.29 is 14.3 Å². The second kappa shape index (κ2) is 12.7. The number of rotatable bonds is 6. The summed E-state index contributed by atoms with van der Waals surface area (Å²) in [6, 6.07) is 5.55. The van der Waals surface area contributed by atoms with Gasteiger partial charge < -0.3 is 19.5 Å². The summed E-state index contributed by atoms with van der Waals surface area (Å²) in [5, 5.41) is 7.89. The lowest BCUT2D eigenvalue weighted by Gasteiger charge is -2.37. The number of hydrogen-bond acceptors (Lipinski definition) is 9. The standard InChI is InChI=1S/C33H40N8O4/c1-22-8-6-5-7-11-39-13-14-40(33(44)29(39)16-22)31-27(21-45-23(2)42)26(9-10-34-31)24-17-28(32(43)38(4)19-24)35-30-18-25-20-37(3)12-15-41(25)36-30/h9-10,16-19H,1,5-8,11-15,20-21H2,2-4H3,(H,35,36)/b29-16-. The Balaban J connectivity index is 1.39. The summed E-state index contributed by atoms with van der Waals surface area (Å²) in [6.07, 6.45) is 9.33. The number of allylic oxidation sites excluding steroid dienone is 2. The van der Waals surface area contributed by atoms with E-state index in [-0.39, 0.29) is 18.1 Å². The molecule has 3 aliphatic rings. The SMILES string of the molecule is C=C1/C=C2/C(=O)N(c3nccc(-c4cc(Nc5cc6n(n5)CCN(C)C6)c(=O)n(C)c4)c3COC(C)=O)CCN2CCCCC1. The van der Waals surface area contributed by atoms with Crippen molar-refractivity contribution in [2.24, 2.45) is 7.05 Å². The Hall–Kier alpha value is -4.71. The number of carbonyl (C=O) groups excluding carboxylic acids is 2. The molecule has 0 bridgehead atoms. The minimum Gasteiger partial charge on any atom is -0.461 e. The van der Waals surface area contributed by atoms with Crippen molar-refractivity contribution in [2.75, 3.05) is 43.4 Å². The van der Waals surface area contributed by atoms with E-state index in [1.54, 1.807) is 30.4 Å². The topological polar surface area (TPSA) is 118 Å². The van der Waals surface area contributed by atoms with Gasteiger partial charge in [0.15, 0.2) is 5.82 Å². The largest absolute Gasteiger partial charge is 0.461 e. The van der Waals surface area contributed by atoms with Gasteiger partial charge in [-0.2, -0.15) is 5.10 Å². The van der Waals surface area contributed by atoms with Crippen LogP contribution in [0.3, 0.4) is 0 Å². The van der Waals surface area contributed by atoms with Crippen LogP contribution in [0, 0.1) is 0 Å². The van der Waals surface area contributed by atoms with Gasteiger partial charge >= 0.3 is 5.97 Å². The summed E-state index contributed by atoms with van der Waals surface area (Å²) in [7, 11) is 3.76. The molecule has 1 N–H and O–H groups in total. The maximum Gasteiger partial charge on any atom is 0.302 e. The molecule has 3 aliphatic heterocycles. The molecule has 0 atom stereocenters. The van der Waals surface area contributed by atoms with Gasteiger partial charge in [0.1, 0.15) is 23.8 Å². The number of fused-ring (bicyclic) bond motifs is 2. The number of aryl methyl sites for hydroxylation is 1. The number of ether oxygens (including phenoxy) is 1. The number of piperazine rings is 1. The molecule has 0 saturated carbocycles. The van der Waals surface area contributed by atoms with Crippen LogP contribution < -0.4 is 15.8 Å². The van der Waals surface area contributed by atoms with Crippen LogP contribution in [-0.4, -0.2) is 74.2 Å². The predicted molar refractivity (Wildman–Crippen MR) is 172 cm³/mol. The fourth-order valence-corrected chi connectivity index (χ4v) is 6.25. The fraction of sp³-hybridized carbons (Fsp3) is 0.424. The molecule has 12 heteroatoms. The van der Waals surface area contributed by atoms with Crippen molar-refractivity contribution in [1.82, 2.24) is 29.1 Å². The number of nitrogens with zero attached hydrogens (tertiary/aromatic N) is 7. The zero-order valence-corrected chi connectivity index (χ0v) is 26.2. The van der Waals surface area contributed by atoms with Crippen LogP contribution in [0.2, 0.25) is 0 Å². The number of pyridine rings is 2. The molecule has 1 saturated heterocycles. The smallest absolute Gasteiger partial charge is 0.302 e. The van der Waals surface area contributed by atoms with E-state index in [1.165, 1.54) is 11.5 Å². The minimum atomic E-state index is -0.445. The molecule has 1 amide bonds. The number of likely N-dealkylation sites (N-methyl/N-ethyl adjacent to an activating group) is 1. The molecule has 6 heterocycles. The molecule has 236 valence electrons. The van der Waals surface area contributed by atoms with Gasteiger partial charge in [0.25, 0.3) is 11.5 Å². The van der Waals surface area contributed by atoms with Crippen molar-refractivity contribution in [3.63, 3.8) is 0 Å². The Labute approximate surface area is 262 Å². The van der Waals surface area contributed by atoms with Gasteiger partial charge in [0.2, 0.25) is 0 Å². The van der Waals surface area contributed by atoms with Crippen LogP contribution in [0.1, 0.15) is 43.9 Å². The predicted octanol–water partition coefficient (Wildman–Crippen LogP) is 3.56. The number of amides is 1. The summed E-state index contributed by atoms with van der Waals surface area (Å²) < 4.78 is 8.98. The summed E-state index contributed by atoms with van der Waals surface area (Å²) >= 11 is 0. The van der Waals surface area contributed by atoms with Crippen molar-refractivity contribution >= 4 is 29.2 Å². The second-order valence-corrected chi connectivity index (χ2v) is 12.0. The van der Waals surface area contributed by atoms with Crippen molar-refractivity contribution in [2.45, 2.75) is 52.3 Å². The zero-order valence-electron chi connectivity index (χ0n) is 26.2. The Morgan fingerprint density at radius 1 is 1.07 bits per heavy atom. The molecular weight excluding hydrogens is 572 g/mol. The normalized spacial score (nSPS) is 18.7. The van der Waals surface area contributed by atoms with Gasteiger partial charge in [-0.15, -0.1) is 0 Å². The van der Waals surface area contributed by atoms with Crippen molar-refractivity contribution in [1.29, 1.82) is 0 Å². The molecule has 3 aromatic rings. The molecule has 0 aromatic carbocycles. The monoisotopic (exact) mass is 612 g/mol. The quantitative estimate of drug-likeness (QED) is 0.417. The van der Waals surface area contributed by atoms with Crippen LogP contribution in [0.25, 0.3) is 11.1 Å². The maximum atomic E-state index is 14.0. The zero-order chi connectivity index (χ0) is 31.7. The first-order chi connectivity index (χ1) is 21.7. The van der Waals surface area contributed by atoms with E-state index < -0.39 is 5.97 Å². The first kappa shape index (κ1) is 30.3. The van der Waals surface area contributed by atoms with Crippen LogP contribution >= 0.6 is 0 Å². The molecule has 1 fully saturated rings. The summed E-state index contributed by atoms with van der Waals surface area (Å²) in [5.41, 5.74) is 4.76. The van der Waals surface area contributed by atoms with Gasteiger partial charge in [0, 0.05) is 76.3 Å². The van der Waals surface area contributed by atoms with E-state index in [2.05, 4.69) is 38.8 Å². The molecule has 0 spiro atoms. The average Bonchev–Trinajstić information content (AvgIpc) is 3.44. The Morgan fingerprint density at radius 2 is 1.91 bits per heavy atom. The Bertz CT molecular complexity index is 1740. The van der Waals surface area contributed by atoms with Crippen molar-refractivity contribution in [3.05, 3.63) is 76.1 Å². The first-order valence-corrected chi connectivity index (χ1v) is 15.5. The van der Waals surface area contributed by atoms with E-state index in [4.69, 9.17) is 4.74 Å². The lowest BCUT2D eigenvalue weighted by Crippen LogP contribution is -2.49. The number of esters is 1. The van der Waals surface area contributed by atoms with Crippen LogP contribution in [-0.2, 0) is 41.1 Å². The summed E-state index contributed by atoms with van der Waals surface area (Å²) in [4.78, 5) is 50.0. The molecule has 45 heavy (non-hydrogen) atoms. The van der Waals surface area contributed by atoms with Gasteiger partial charge in [-0.25, -0.2) is 4.98 Å². The van der Waals surface area contributed by atoms with E-state index >= 15 is 0 Å². The van der Waals surface area contributed by atoms with Crippen LogP contribution in [0.5, 0.6) is 0 Å². The minimum absolute atomic E-state index is 0.0834. The van der Waals surface area contributed by atoms with Gasteiger partial charge in [-0.3, -0.25) is 28.9 Å². The molecule has 6 rings (SSSR count). The van der Waals surface area contributed by atoms with E-state index in [9.17, 15) is 14.4 Å². The third-order valence-electron chi connectivity index (χ3n) is 8.62. The van der Waals surface area contributed by atoms with Gasteiger partial charge in [-0.1, -0.05) is 18.6 Å².